The third-order valence-corrected chi connectivity index (χ3v) is 5.55. The van der Waals surface area contributed by atoms with Crippen LogP contribution >= 0.6 is 11.3 Å². The molecule has 0 aliphatic heterocycles. The van der Waals surface area contributed by atoms with E-state index in [9.17, 15) is 13.2 Å². The van der Waals surface area contributed by atoms with E-state index in [0.29, 0.717) is 11.4 Å². The molecule has 7 nitrogen and oxygen atoms in total. The number of nitrogens with zero attached hydrogens (tertiary/aromatic N) is 2. The molecule has 26 heavy (non-hydrogen) atoms. The van der Waals surface area contributed by atoms with Gasteiger partial charge in [0, 0.05) is 17.3 Å². The van der Waals surface area contributed by atoms with E-state index in [1.54, 1.807) is 18.2 Å². The Balaban J connectivity index is 1.65. The third-order valence-electron chi connectivity index (χ3n) is 3.36. The van der Waals surface area contributed by atoms with Crippen molar-refractivity contribution in [1.82, 2.24) is 9.97 Å². The first kappa shape index (κ1) is 18.0. The summed E-state index contributed by atoms with van der Waals surface area (Å²) in [7, 11) is -3.74. The second-order valence-corrected chi connectivity index (χ2v) is 8.17. The Labute approximate surface area is 155 Å². The molecule has 0 bridgehead atoms. The van der Waals surface area contributed by atoms with E-state index in [4.69, 9.17) is 0 Å². The van der Waals surface area contributed by atoms with Gasteiger partial charge in [-0.2, -0.15) is 0 Å². The lowest BCUT2D eigenvalue weighted by atomic mass is 10.3. The third kappa shape index (κ3) is 4.64. The number of carbonyl (C=O) groups excluding carboxylic acids is 1. The molecule has 2 heterocycles. The topological polar surface area (TPSA) is 101 Å². The van der Waals surface area contributed by atoms with Gasteiger partial charge in [0.05, 0.1) is 22.0 Å². The van der Waals surface area contributed by atoms with Gasteiger partial charge in [-0.25, -0.2) is 18.4 Å². The smallest absolute Gasteiger partial charge is 0.263 e. The van der Waals surface area contributed by atoms with Crippen LogP contribution in [0.15, 0.2) is 58.9 Å². The summed E-state index contributed by atoms with van der Waals surface area (Å²) >= 11 is 1.49. The SMILES string of the molecule is Cc1nc(CC(=O)Nc2ccc(S(=O)(=O)Nc3ccccn3)cc2)cs1. The van der Waals surface area contributed by atoms with Crippen molar-refractivity contribution in [3.05, 3.63) is 64.7 Å². The highest BCUT2D eigenvalue weighted by atomic mass is 32.2. The summed E-state index contributed by atoms with van der Waals surface area (Å²) in [6, 6.07) is 10.9. The van der Waals surface area contributed by atoms with Crippen molar-refractivity contribution in [3.8, 4) is 0 Å². The second kappa shape index (κ2) is 7.63. The summed E-state index contributed by atoms with van der Waals surface area (Å²) in [6.07, 6.45) is 1.67. The van der Waals surface area contributed by atoms with Gasteiger partial charge in [0.15, 0.2) is 0 Å². The van der Waals surface area contributed by atoms with Gasteiger partial charge in [-0.15, -0.1) is 11.3 Å². The lowest BCUT2D eigenvalue weighted by molar-refractivity contribution is -0.115. The van der Waals surface area contributed by atoms with Crippen LogP contribution in [0.3, 0.4) is 0 Å². The van der Waals surface area contributed by atoms with Crippen molar-refractivity contribution in [2.45, 2.75) is 18.2 Å². The summed E-state index contributed by atoms with van der Waals surface area (Å²) in [4.78, 5) is 20.3. The lowest BCUT2D eigenvalue weighted by Gasteiger charge is -2.08. The first-order valence-corrected chi connectivity index (χ1v) is 10.0. The van der Waals surface area contributed by atoms with E-state index in [0.717, 1.165) is 5.01 Å². The number of amides is 1. The van der Waals surface area contributed by atoms with Crippen molar-refractivity contribution in [3.63, 3.8) is 0 Å². The van der Waals surface area contributed by atoms with Crippen molar-refractivity contribution in [2.75, 3.05) is 10.0 Å². The molecule has 2 aromatic heterocycles. The Morgan fingerprint density at radius 3 is 2.54 bits per heavy atom. The van der Waals surface area contributed by atoms with Gasteiger partial charge in [-0.05, 0) is 43.3 Å². The molecule has 0 spiro atoms. The van der Waals surface area contributed by atoms with Gasteiger partial charge in [0.1, 0.15) is 5.82 Å². The number of benzene rings is 1. The fraction of sp³-hybridized carbons (Fsp3) is 0.118. The highest BCUT2D eigenvalue weighted by Gasteiger charge is 2.15. The maximum absolute atomic E-state index is 12.3. The van der Waals surface area contributed by atoms with Gasteiger partial charge in [-0.3, -0.25) is 9.52 Å². The van der Waals surface area contributed by atoms with Crippen LogP contribution < -0.4 is 10.0 Å². The number of nitrogens with one attached hydrogen (secondary N) is 2. The Morgan fingerprint density at radius 2 is 1.92 bits per heavy atom. The maximum atomic E-state index is 12.3. The fourth-order valence-corrected chi connectivity index (χ4v) is 3.82. The molecular weight excluding hydrogens is 372 g/mol. The van der Waals surface area contributed by atoms with Crippen LogP contribution in [0.5, 0.6) is 0 Å². The lowest BCUT2D eigenvalue weighted by Crippen LogP contribution is -2.16. The number of anilines is 2. The van der Waals surface area contributed by atoms with Crippen molar-refractivity contribution < 1.29 is 13.2 Å². The van der Waals surface area contributed by atoms with Gasteiger partial charge >= 0.3 is 0 Å². The number of carbonyl (C=O) groups is 1. The highest BCUT2D eigenvalue weighted by Crippen LogP contribution is 2.17. The minimum absolute atomic E-state index is 0.0799. The number of aromatic nitrogens is 2. The Hall–Kier alpha value is -2.78. The average molecular weight is 388 g/mol. The molecular formula is C17H16N4O3S2. The molecule has 0 atom stereocenters. The minimum Gasteiger partial charge on any atom is -0.326 e. The molecule has 9 heteroatoms. The summed E-state index contributed by atoms with van der Waals surface area (Å²) in [5.74, 6) is 0.0287. The Kier molecular flexibility index (Phi) is 5.29. The van der Waals surface area contributed by atoms with Crippen molar-refractivity contribution >= 4 is 38.8 Å². The Bertz CT molecular complexity index is 1000. The molecule has 134 valence electrons. The fourth-order valence-electron chi connectivity index (χ4n) is 2.20. The number of pyridine rings is 1. The van der Waals surface area contributed by atoms with Crippen molar-refractivity contribution in [2.24, 2.45) is 0 Å². The van der Waals surface area contributed by atoms with E-state index in [2.05, 4.69) is 20.0 Å². The summed E-state index contributed by atoms with van der Waals surface area (Å²) < 4.78 is 27.1. The first-order chi connectivity index (χ1) is 12.4. The number of aryl methyl sites for hydroxylation is 1. The molecule has 0 aliphatic rings. The van der Waals surface area contributed by atoms with Crippen LogP contribution in [0.25, 0.3) is 0 Å². The molecule has 0 saturated carbocycles. The molecule has 1 aromatic carbocycles. The zero-order chi connectivity index (χ0) is 18.6. The molecule has 1 amide bonds. The van der Waals surface area contributed by atoms with E-state index < -0.39 is 10.0 Å². The number of rotatable bonds is 6. The van der Waals surface area contributed by atoms with E-state index in [1.165, 1.54) is 41.8 Å². The number of thiazole rings is 1. The molecule has 0 unspecified atom stereocenters. The monoisotopic (exact) mass is 388 g/mol. The van der Waals surface area contributed by atoms with E-state index >= 15 is 0 Å². The number of hydrogen-bond donors (Lipinski definition) is 2. The largest absolute Gasteiger partial charge is 0.326 e. The summed E-state index contributed by atoms with van der Waals surface area (Å²) in [5, 5.41) is 5.47. The van der Waals surface area contributed by atoms with Gasteiger partial charge in [0.25, 0.3) is 10.0 Å². The van der Waals surface area contributed by atoms with Crippen LogP contribution in [-0.2, 0) is 21.2 Å². The second-order valence-electron chi connectivity index (χ2n) is 5.43. The van der Waals surface area contributed by atoms with Crippen LogP contribution in [-0.4, -0.2) is 24.3 Å². The quantitative estimate of drug-likeness (QED) is 0.676. The maximum Gasteiger partial charge on any atom is 0.263 e. The zero-order valence-electron chi connectivity index (χ0n) is 13.8. The minimum atomic E-state index is -3.74. The standard InChI is InChI=1S/C17H16N4O3S2/c1-12-19-14(11-25-12)10-17(22)20-13-5-7-15(8-6-13)26(23,24)21-16-4-2-3-9-18-16/h2-9,11H,10H2,1H3,(H,18,21)(H,20,22). The van der Waals surface area contributed by atoms with Crippen LogP contribution in [0.2, 0.25) is 0 Å². The first-order valence-electron chi connectivity index (χ1n) is 7.67. The zero-order valence-corrected chi connectivity index (χ0v) is 15.5. The normalized spacial score (nSPS) is 11.1. The summed E-state index contributed by atoms with van der Waals surface area (Å²) in [6.45, 7) is 1.88. The van der Waals surface area contributed by atoms with E-state index in [1.807, 2.05) is 12.3 Å². The predicted octanol–water partition coefficient (Wildman–Crippen LogP) is 2.83. The summed E-state index contributed by atoms with van der Waals surface area (Å²) in [5.41, 5.74) is 1.22. The molecule has 3 aromatic rings. The molecule has 0 saturated heterocycles. The van der Waals surface area contributed by atoms with Crippen LogP contribution in [0.4, 0.5) is 11.5 Å². The predicted molar refractivity (Wildman–Crippen MR) is 101 cm³/mol. The number of hydrogen-bond acceptors (Lipinski definition) is 6. The Morgan fingerprint density at radius 1 is 1.15 bits per heavy atom. The molecule has 2 N–H and O–H groups in total. The van der Waals surface area contributed by atoms with Crippen LogP contribution in [0.1, 0.15) is 10.7 Å². The molecule has 0 fully saturated rings. The molecule has 0 aliphatic carbocycles. The van der Waals surface area contributed by atoms with Gasteiger partial charge in [-0.1, -0.05) is 6.07 Å². The highest BCUT2D eigenvalue weighted by molar-refractivity contribution is 7.92. The average Bonchev–Trinajstić information content (AvgIpc) is 3.00. The van der Waals surface area contributed by atoms with Crippen molar-refractivity contribution in [1.29, 1.82) is 0 Å². The van der Waals surface area contributed by atoms with Crippen LogP contribution in [0, 0.1) is 6.92 Å². The van der Waals surface area contributed by atoms with Gasteiger partial charge < -0.3 is 5.32 Å². The number of sulfonamides is 1. The molecule has 3 rings (SSSR count). The van der Waals surface area contributed by atoms with E-state index in [-0.39, 0.29) is 23.0 Å². The molecule has 0 radical (unpaired) electrons. The van der Waals surface area contributed by atoms with Gasteiger partial charge in [0.2, 0.25) is 5.91 Å².